The van der Waals surface area contributed by atoms with Crippen LogP contribution in [0.1, 0.15) is 28.0 Å². The summed E-state index contributed by atoms with van der Waals surface area (Å²) in [5.74, 6) is -0.142. The van der Waals surface area contributed by atoms with E-state index in [4.69, 9.17) is 9.47 Å². The van der Waals surface area contributed by atoms with Crippen molar-refractivity contribution in [3.8, 4) is 5.75 Å². The monoisotopic (exact) mass is 356 g/mol. The molecule has 0 atom stereocenters. The number of ether oxygens (including phenoxy) is 2. The topological polar surface area (TPSA) is 69.6 Å². The van der Waals surface area contributed by atoms with Gasteiger partial charge in [-0.2, -0.15) is 0 Å². The molecule has 0 spiro atoms. The van der Waals surface area contributed by atoms with E-state index in [0.717, 1.165) is 12.8 Å². The first-order valence-electron chi connectivity index (χ1n) is 8.93. The van der Waals surface area contributed by atoms with Gasteiger partial charge in [0.25, 0.3) is 5.56 Å². The molecule has 138 valence electrons. The highest BCUT2D eigenvalue weighted by Gasteiger charge is 2.24. The second-order valence-electron chi connectivity index (χ2n) is 6.25. The van der Waals surface area contributed by atoms with E-state index in [1.54, 1.807) is 4.57 Å². The van der Waals surface area contributed by atoms with Gasteiger partial charge >= 0.3 is 5.97 Å². The lowest BCUT2D eigenvalue weighted by Crippen LogP contribution is -2.27. The lowest BCUT2D eigenvalue weighted by molar-refractivity contribution is 0.0593. The van der Waals surface area contributed by atoms with Gasteiger partial charge in [0, 0.05) is 37.8 Å². The van der Waals surface area contributed by atoms with Gasteiger partial charge in [0.05, 0.1) is 13.7 Å². The average molecular weight is 356 g/mol. The predicted molar refractivity (Wildman–Crippen MR) is 98.9 cm³/mol. The Bertz CT molecular complexity index is 815. The summed E-state index contributed by atoms with van der Waals surface area (Å²) in [4.78, 5) is 24.8. The molecule has 2 aromatic rings. The van der Waals surface area contributed by atoms with Gasteiger partial charge in [-0.25, -0.2) is 4.79 Å². The van der Waals surface area contributed by atoms with Gasteiger partial charge < -0.3 is 19.4 Å². The second-order valence-corrected chi connectivity index (χ2v) is 6.25. The predicted octanol–water partition coefficient (Wildman–Crippen LogP) is 1.79. The third-order valence-electron chi connectivity index (χ3n) is 4.53. The molecule has 0 unspecified atom stereocenters. The van der Waals surface area contributed by atoms with E-state index >= 15 is 0 Å². The Labute approximate surface area is 152 Å². The number of pyridine rings is 1. The van der Waals surface area contributed by atoms with E-state index in [2.05, 4.69) is 17.4 Å². The molecule has 26 heavy (non-hydrogen) atoms. The maximum Gasteiger partial charge on any atom is 0.343 e. The number of carbonyl (C=O) groups excluding carboxylic acids is 1. The van der Waals surface area contributed by atoms with Gasteiger partial charge in [0.1, 0.15) is 11.3 Å². The van der Waals surface area contributed by atoms with Gasteiger partial charge in [0.2, 0.25) is 0 Å². The third kappa shape index (κ3) is 4.14. The Kier molecular flexibility index (Phi) is 6.07. The van der Waals surface area contributed by atoms with Gasteiger partial charge in [-0.05, 0) is 18.4 Å². The molecule has 0 aliphatic carbocycles. The number of rotatable bonds is 6. The van der Waals surface area contributed by atoms with Crippen LogP contribution in [-0.4, -0.2) is 37.3 Å². The Morgan fingerprint density at radius 3 is 2.81 bits per heavy atom. The van der Waals surface area contributed by atoms with Crippen LogP contribution in [-0.2, 0) is 24.1 Å². The first kappa shape index (κ1) is 18.2. The Balaban J connectivity index is 1.79. The average Bonchev–Trinajstić information content (AvgIpc) is 2.92. The van der Waals surface area contributed by atoms with Crippen molar-refractivity contribution in [2.75, 3.05) is 26.8 Å². The van der Waals surface area contributed by atoms with Crippen LogP contribution < -0.4 is 15.6 Å². The highest BCUT2D eigenvalue weighted by Crippen LogP contribution is 2.23. The summed E-state index contributed by atoms with van der Waals surface area (Å²) in [5.41, 5.74) is 2.15. The molecule has 6 heteroatoms. The Morgan fingerprint density at radius 2 is 2.04 bits per heavy atom. The summed E-state index contributed by atoms with van der Waals surface area (Å²) in [5, 5.41) is 3.24. The van der Waals surface area contributed by atoms with Gasteiger partial charge in [-0.1, -0.05) is 30.3 Å². The Hall–Kier alpha value is -2.60. The number of benzene rings is 1. The van der Waals surface area contributed by atoms with Crippen LogP contribution in [0.2, 0.25) is 0 Å². The largest absolute Gasteiger partial charge is 0.492 e. The molecule has 6 nitrogen and oxygen atoms in total. The van der Waals surface area contributed by atoms with Crippen molar-refractivity contribution in [3.63, 3.8) is 0 Å². The number of fused-ring (bicyclic) bond motifs is 1. The maximum atomic E-state index is 12.5. The highest BCUT2D eigenvalue weighted by atomic mass is 16.5. The lowest BCUT2D eigenvalue weighted by Gasteiger charge is -2.17. The number of aryl methyl sites for hydroxylation is 1. The van der Waals surface area contributed by atoms with Crippen molar-refractivity contribution in [1.29, 1.82) is 0 Å². The fourth-order valence-corrected chi connectivity index (χ4v) is 3.24. The lowest BCUT2D eigenvalue weighted by atomic mass is 10.1. The molecular weight excluding hydrogens is 332 g/mol. The zero-order valence-electron chi connectivity index (χ0n) is 15.0. The van der Waals surface area contributed by atoms with E-state index in [0.29, 0.717) is 49.7 Å². The van der Waals surface area contributed by atoms with Crippen LogP contribution in [0, 0.1) is 0 Å². The molecule has 1 N–H and O–H groups in total. The molecule has 2 heterocycles. The number of esters is 1. The normalized spacial score (nSPS) is 13.6. The standard InChI is InChI=1S/C20H24N2O4/c1-25-20(24)19-16-9-10-21-11-12-22(16)18(23)14-17(19)26-13-5-8-15-6-3-2-4-7-15/h2-4,6-7,14,21H,5,8-13H2,1H3. The molecular formula is C20H24N2O4. The zero-order chi connectivity index (χ0) is 18.4. The number of methoxy groups -OCH3 is 1. The van der Waals surface area contributed by atoms with Crippen molar-refractivity contribution in [2.45, 2.75) is 25.8 Å². The second kappa shape index (κ2) is 8.67. The maximum absolute atomic E-state index is 12.5. The minimum atomic E-state index is -0.464. The molecule has 1 aliphatic heterocycles. The molecule has 0 saturated heterocycles. The molecule has 0 saturated carbocycles. The summed E-state index contributed by atoms with van der Waals surface area (Å²) in [6, 6.07) is 11.5. The van der Waals surface area contributed by atoms with Crippen LogP contribution in [0.4, 0.5) is 0 Å². The number of hydrogen-bond acceptors (Lipinski definition) is 5. The number of carbonyl (C=O) groups is 1. The van der Waals surface area contributed by atoms with Crippen LogP contribution >= 0.6 is 0 Å². The summed E-state index contributed by atoms with van der Waals surface area (Å²) in [7, 11) is 1.35. The number of aromatic nitrogens is 1. The molecule has 1 aromatic carbocycles. The first-order chi connectivity index (χ1) is 12.7. The van der Waals surface area contributed by atoms with E-state index in [1.165, 1.54) is 18.7 Å². The number of hydrogen-bond donors (Lipinski definition) is 1. The van der Waals surface area contributed by atoms with Crippen LogP contribution in [0.15, 0.2) is 41.2 Å². The highest BCUT2D eigenvalue weighted by molar-refractivity contribution is 5.93. The van der Waals surface area contributed by atoms with Crippen molar-refractivity contribution in [3.05, 3.63) is 63.6 Å². The van der Waals surface area contributed by atoms with E-state index in [-0.39, 0.29) is 5.56 Å². The quantitative estimate of drug-likeness (QED) is 0.631. The van der Waals surface area contributed by atoms with Crippen molar-refractivity contribution in [1.82, 2.24) is 9.88 Å². The van der Waals surface area contributed by atoms with Gasteiger partial charge in [-0.3, -0.25) is 4.79 Å². The van der Waals surface area contributed by atoms with Crippen LogP contribution in [0.5, 0.6) is 5.75 Å². The summed E-state index contributed by atoms with van der Waals surface area (Å²) in [6.07, 6.45) is 2.26. The SMILES string of the molecule is COC(=O)c1c(OCCCc2ccccc2)cc(=O)n2c1CCNCC2. The Morgan fingerprint density at radius 1 is 1.23 bits per heavy atom. The van der Waals surface area contributed by atoms with Crippen molar-refractivity contribution in [2.24, 2.45) is 0 Å². The summed E-state index contributed by atoms with van der Waals surface area (Å²) in [6.45, 7) is 2.37. The molecule has 1 aliphatic rings. The van der Waals surface area contributed by atoms with Crippen molar-refractivity contribution < 1.29 is 14.3 Å². The number of nitrogens with zero attached hydrogens (tertiary/aromatic N) is 1. The fraction of sp³-hybridized carbons (Fsp3) is 0.400. The zero-order valence-corrected chi connectivity index (χ0v) is 15.0. The van der Waals surface area contributed by atoms with Crippen molar-refractivity contribution >= 4 is 5.97 Å². The minimum Gasteiger partial charge on any atom is -0.492 e. The molecule has 1 aromatic heterocycles. The first-order valence-corrected chi connectivity index (χ1v) is 8.93. The minimum absolute atomic E-state index is 0.144. The summed E-state index contributed by atoms with van der Waals surface area (Å²) >= 11 is 0. The third-order valence-corrected chi connectivity index (χ3v) is 4.53. The van der Waals surface area contributed by atoms with Gasteiger partial charge in [0.15, 0.2) is 0 Å². The van der Waals surface area contributed by atoms with E-state index in [9.17, 15) is 9.59 Å². The molecule has 3 rings (SSSR count). The smallest absolute Gasteiger partial charge is 0.343 e. The molecule has 0 radical (unpaired) electrons. The molecule has 0 bridgehead atoms. The summed E-state index contributed by atoms with van der Waals surface area (Å²) < 4.78 is 12.4. The van der Waals surface area contributed by atoms with E-state index < -0.39 is 5.97 Å². The van der Waals surface area contributed by atoms with E-state index in [1.807, 2.05) is 18.2 Å². The fourth-order valence-electron chi connectivity index (χ4n) is 3.24. The number of nitrogens with one attached hydrogen (secondary N) is 1. The van der Waals surface area contributed by atoms with Gasteiger partial charge in [-0.15, -0.1) is 0 Å². The van der Waals surface area contributed by atoms with Crippen LogP contribution in [0.3, 0.4) is 0 Å². The van der Waals surface area contributed by atoms with Crippen LogP contribution in [0.25, 0.3) is 0 Å². The molecule has 0 amide bonds. The molecule has 0 fully saturated rings.